The van der Waals surface area contributed by atoms with Gasteiger partial charge in [0.1, 0.15) is 5.75 Å². The Hall–Kier alpha value is -2.58. The number of benzene rings is 2. The maximum Gasteiger partial charge on any atom is 0.238 e. The monoisotopic (exact) mass is 403 g/mol. The molecule has 7 nitrogen and oxygen atoms in total. The second-order valence-corrected chi connectivity index (χ2v) is 8.32. The number of anilines is 1. The topological polar surface area (TPSA) is 92.9 Å². The summed E-state index contributed by atoms with van der Waals surface area (Å²) in [4.78, 5) is 16.7. The minimum Gasteiger partial charge on any atom is -0.497 e. The normalized spacial score (nSPS) is 14.8. The number of rotatable bonds is 6. The average Bonchev–Trinajstić information content (AvgIpc) is 2.72. The third-order valence-electron chi connectivity index (χ3n) is 4.95. The molecular weight excluding hydrogens is 378 g/mol. The van der Waals surface area contributed by atoms with Gasteiger partial charge in [0.15, 0.2) is 0 Å². The lowest BCUT2D eigenvalue weighted by Crippen LogP contribution is -2.48. The average molecular weight is 404 g/mol. The molecule has 1 aliphatic heterocycles. The smallest absolute Gasteiger partial charge is 0.238 e. The number of sulfonamides is 1. The summed E-state index contributed by atoms with van der Waals surface area (Å²) in [7, 11) is -2.04. The van der Waals surface area contributed by atoms with Crippen LogP contribution in [0.3, 0.4) is 0 Å². The molecule has 0 saturated carbocycles. The molecule has 0 aliphatic carbocycles. The van der Waals surface area contributed by atoms with Crippen LogP contribution in [0, 0.1) is 0 Å². The Bertz CT molecular complexity index is 903. The predicted octanol–water partition coefficient (Wildman–Crippen LogP) is 1.62. The van der Waals surface area contributed by atoms with Gasteiger partial charge in [0.25, 0.3) is 0 Å². The lowest BCUT2D eigenvalue weighted by molar-refractivity contribution is -0.131. The fraction of sp³-hybridized carbons (Fsp3) is 0.350. The SMILES string of the molecule is COc1ccc(N2CCN(C(=O)CCc3ccc(S(N)(=O)=O)cc3)CC2)cc1. The maximum atomic E-state index is 12.5. The molecule has 2 aromatic carbocycles. The highest BCUT2D eigenvalue weighted by molar-refractivity contribution is 7.89. The Kier molecular flexibility index (Phi) is 6.21. The first-order valence-corrected chi connectivity index (χ1v) is 10.7. The van der Waals surface area contributed by atoms with Gasteiger partial charge in [-0.1, -0.05) is 12.1 Å². The van der Waals surface area contributed by atoms with Gasteiger partial charge in [0.2, 0.25) is 15.9 Å². The summed E-state index contributed by atoms with van der Waals surface area (Å²) < 4.78 is 27.8. The highest BCUT2D eigenvalue weighted by Gasteiger charge is 2.21. The quantitative estimate of drug-likeness (QED) is 0.791. The van der Waals surface area contributed by atoms with E-state index in [4.69, 9.17) is 9.88 Å². The first-order valence-electron chi connectivity index (χ1n) is 9.15. The molecule has 2 aromatic rings. The number of hydrogen-bond acceptors (Lipinski definition) is 5. The number of carbonyl (C=O) groups excluding carboxylic acids is 1. The highest BCUT2D eigenvalue weighted by Crippen LogP contribution is 2.21. The van der Waals surface area contributed by atoms with Crippen molar-refractivity contribution in [1.29, 1.82) is 0 Å². The molecule has 0 bridgehead atoms. The Morgan fingerprint density at radius 3 is 2.14 bits per heavy atom. The van der Waals surface area contributed by atoms with E-state index in [1.54, 1.807) is 19.2 Å². The van der Waals surface area contributed by atoms with Gasteiger partial charge in [-0.3, -0.25) is 4.79 Å². The van der Waals surface area contributed by atoms with Crippen LogP contribution < -0.4 is 14.8 Å². The number of piperazine rings is 1. The van der Waals surface area contributed by atoms with E-state index in [1.807, 2.05) is 29.2 Å². The number of primary sulfonamides is 1. The van der Waals surface area contributed by atoms with Crippen LogP contribution >= 0.6 is 0 Å². The zero-order valence-electron chi connectivity index (χ0n) is 15.9. The van der Waals surface area contributed by atoms with Crippen LogP contribution in [-0.2, 0) is 21.2 Å². The van der Waals surface area contributed by atoms with Gasteiger partial charge in [0, 0.05) is 38.3 Å². The molecule has 1 fully saturated rings. The number of methoxy groups -OCH3 is 1. The van der Waals surface area contributed by atoms with Gasteiger partial charge in [-0.25, -0.2) is 13.6 Å². The Labute approximate surface area is 165 Å². The molecule has 3 rings (SSSR count). The molecule has 2 N–H and O–H groups in total. The van der Waals surface area contributed by atoms with Crippen LogP contribution in [0.4, 0.5) is 5.69 Å². The van der Waals surface area contributed by atoms with Gasteiger partial charge in [-0.05, 0) is 48.4 Å². The van der Waals surface area contributed by atoms with Crippen molar-refractivity contribution >= 4 is 21.6 Å². The van der Waals surface area contributed by atoms with Gasteiger partial charge >= 0.3 is 0 Å². The van der Waals surface area contributed by atoms with E-state index in [-0.39, 0.29) is 10.8 Å². The zero-order valence-corrected chi connectivity index (χ0v) is 16.7. The second kappa shape index (κ2) is 8.62. The molecule has 0 aromatic heterocycles. The molecule has 0 unspecified atom stereocenters. The summed E-state index contributed by atoms with van der Waals surface area (Å²) in [5, 5.41) is 5.10. The molecule has 1 saturated heterocycles. The molecule has 1 amide bonds. The van der Waals surface area contributed by atoms with Crippen molar-refractivity contribution in [2.75, 3.05) is 38.2 Å². The largest absolute Gasteiger partial charge is 0.497 e. The Morgan fingerprint density at radius 2 is 1.61 bits per heavy atom. The van der Waals surface area contributed by atoms with Crippen LogP contribution in [0.2, 0.25) is 0 Å². The molecule has 1 heterocycles. The van der Waals surface area contributed by atoms with E-state index < -0.39 is 10.0 Å². The van der Waals surface area contributed by atoms with Gasteiger partial charge < -0.3 is 14.5 Å². The Balaban J connectivity index is 1.48. The van der Waals surface area contributed by atoms with Crippen molar-refractivity contribution < 1.29 is 17.9 Å². The third kappa shape index (κ3) is 5.02. The molecule has 0 atom stereocenters. The fourth-order valence-electron chi connectivity index (χ4n) is 3.26. The summed E-state index contributed by atoms with van der Waals surface area (Å²) in [6, 6.07) is 14.3. The lowest BCUT2D eigenvalue weighted by Gasteiger charge is -2.36. The van der Waals surface area contributed by atoms with E-state index in [9.17, 15) is 13.2 Å². The van der Waals surface area contributed by atoms with Crippen LogP contribution in [0.1, 0.15) is 12.0 Å². The zero-order chi connectivity index (χ0) is 20.1. The molecule has 28 heavy (non-hydrogen) atoms. The van der Waals surface area contributed by atoms with E-state index in [0.29, 0.717) is 25.9 Å². The van der Waals surface area contributed by atoms with Gasteiger partial charge in [0.05, 0.1) is 12.0 Å². The van der Waals surface area contributed by atoms with E-state index >= 15 is 0 Å². The summed E-state index contributed by atoms with van der Waals surface area (Å²) in [5.74, 6) is 0.944. The Morgan fingerprint density at radius 1 is 1.00 bits per heavy atom. The summed E-state index contributed by atoms with van der Waals surface area (Å²) in [5.41, 5.74) is 2.04. The van der Waals surface area contributed by atoms with Crippen molar-refractivity contribution in [3.8, 4) is 5.75 Å². The minimum absolute atomic E-state index is 0.0808. The van der Waals surface area contributed by atoms with Crippen LogP contribution in [0.15, 0.2) is 53.4 Å². The first-order chi connectivity index (χ1) is 13.4. The summed E-state index contributed by atoms with van der Waals surface area (Å²) in [6.07, 6.45) is 0.972. The number of carbonyl (C=O) groups is 1. The molecule has 8 heteroatoms. The highest BCUT2D eigenvalue weighted by atomic mass is 32.2. The van der Waals surface area contributed by atoms with Crippen molar-refractivity contribution in [1.82, 2.24) is 4.90 Å². The van der Waals surface area contributed by atoms with E-state index in [0.717, 1.165) is 30.1 Å². The number of ether oxygens (including phenoxy) is 1. The van der Waals surface area contributed by atoms with Crippen molar-refractivity contribution in [2.24, 2.45) is 5.14 Å². The summed E-state index contributed by atoms with van der Waals surface area (Å²) >= 11 is 0. The first kappa shape index (κ1) is 20.2. The second-order valence-electron chi connectivity index (χ2n) is 6.75. The molecule has 150 valence electrons. The third-order valence-corrected chi connectivity index (χ3v) is 5.88. The standard InChI is InChI=1S/C20H25N3O4S/c1-27-18-7-5-17(6-8-18)22-12-14-23(15-13-22)20(24)11-4-16-2-9-19(10-3-16)28(21,25)26/h2-3,5-10H,4,11-15H2,1H3,(H2,21,25,26). The van der Waals surface area contributed by atoms with E-state index in [2.05, 4.69) is 4.90 Å². The number of aryl methyl sites for hydroxylation is 1. The molecular formula is C20H25N3O4S. The summed E-state index contributed by atoms with van der Waals surface area (Å²) in [6.45, 7) is 2.96. The van der Waals surface area contributed by atoms with Gasteiger partial charge in [-0.15, -0.1) is 0 Å². The van der Waals surface area contributed by atoms with Crippen molar-refractivity contribution in [3.05, 3.63) is 54.1 Å². The predicted molar refractivity (Wildman–Crippen MR) is 108 cm³/mol. The van der Waals surface area contributed by atoms with Gasteiger partial charge in [-0.2, -0.15) is 0 Å². The van der Waals surface area contributed by atoms with Crippen LogP contribution in [0.5, 0.6) is 5.75 Å². The van der Waals surface area contributed by atoms with Crippen LogP contribution in [0.25, 0.3) is 0 Å². The number of hydrogen-bond donors (Lipinski definition) is 1. The maximum absolute atomic E-state index is 12.5. The number of nitrogens with two attached hydrogens (primary N) is 1. The number of amides is 1. The van der Waals surface area contributed by atoms with Crippen molar-refractivity contribution in [2.45, 2.75) is 17.7 Å². The van der Waals surface area contributed by atoms with Crippen LogP contribution in [-0.4, -0.2) is 52.5 Å². The fourth-order valence-corrected chi connectivity index (χ4v) is 3.78. The molecule has 0 radical (unpaired) electrons. The van der Waals surface area contributed by atoms with E-state index in [1.165, 1.54) is 12.1 Å². The minimum atomic E-state index is -3.69. The lowest BCUT2D eigenvalue weighted by atomic mass is 10.1. The molecule has 0 spiro atoms. The van der Waals surface area contributed by atoms with Crippen molar-refractivity contribution in [3.63, 3.8) is 0 Å². The number of nitrogens with zero attached hydrogens (tertiary/aromatic N) is 2. The molecule has 1 aliphatic rings.